The van der Waals surface area contributed by atoms with E-state index in [1.54, 1.807) is 0 Å². The lowest BCUT2D eigenvalue weighted by molar-refractivity contribution is 0.0596. The summed E-state index contributed by atoms with van der Waals surface area (Å²) in [5, 5.41) is -0.242. The summed E-state index contributed by atoms with van der Waals surface area (Å²) in [6, 6.07) is 5.59. The van der Waals surface area contributed by atoms with Crippen LogP contribution in [0.5, 0.6) is 0 Å². The highest BCUT2D eigenvalue weighted by atomic mass is 32.2. The Labute approximate surface area is 109 Å². The molecule has 0 radical (unpaired) electrons. The van der Waals surface area contributed by atoms with Gasteiger partial charge in [-0.05, 0) is 24.4 Å². The summed E-state index contributed by atoms with van der Waals surface area (Å²) >= 11 is 4.47. The molecule has 0 amide bonds. The molecule has 0 atom stereocenters. The van der Waals surface area contributed by atoms with Crippen LogP contribution >= 0.6 is 12.2 Å². The van der Waals surface area contributed by atoms with Crippen LogP contribution in [0.3, 0.4) is 0 Å². The van der Waals surface area contributed by atoms with Gasteiger partial charge in [-0.3, -0.25) is 5.43 Å². The first-order chi connectivity index (χ1) is 8.38. The molecule has 4 N–H and O–H groups in total. The van der Waals surface area contributed by atoms with Crippen molar-refractivity contribution in [1.82, 2.24) is 10.3 Å². The van der Waals surface area contributed by atoms with Crippen molar-refractivity contribution in [1.29, 1.82) is 0 Å². The molecule has 0 aliphatic carbocycles. The van der Waals surface area contributed by atoms with E-state index in [2.05, 4.69) is 22.4 Å². The molecule has 0 aromatic heterocycles. The van der Waals surface area contributed by atoms with E-state index < -0.39 is 16.0 Å². The smallest absolute Gasteiger partial charge is 0.339 e. The van der Waals surface area contributed by atoms with Gasteiger partial charge in [0.25, 0.3) is 10.0 Å². The molecular formula is C9H11N3O4S2. The van der Waals surface area contributed by atoms with Gasteiger partial charge in [-0.1, -0.05) is 12.1 Å². The van der Waals surface area contributed by atoms with Crippen molar-refractivity contribution in [2.45, 2.75) is 4.90 Å². The van der Waals surface area contributed by atoms with Gasteiger partial charge in [0.05, 0.1) is 17.6 Å². The van der Waals surface area contributed by atoms with Gasteiger partial charge in [-0.15, -0.1) is 4.83 Å². The molecule has 0 saturated heterocycles. The summed E-state index contributed by atoms with van der Waals surface area (Å²) in [7, 11) is -2.81. The predicted molar refractivity (Wildman–Crippen MR) is 68.0 cm³/mol. The van der Waals surface area contributed by atoms with Crippen molar-refractivity contribution in [2.75, 3.05) is 7.11 Å². The summed E-state index contributed by atoms with van der Waals surface area (Å²) < 4.78 is 28.3. The van der Waals surface area contributed by atoms with Crippen LogP contribution in [0.25, 0.3) is 0 Å². The van der Waals surface area contributed by atoms with Crippen LogP contribution in [0.4, 0.5) is 0 Å². The molecule has 1 aromatic carbocycles. The third-order valence-corrected chi connectivity index (χ3v) is 3.30. The van der Waals surface area contributed by atoms with E-state index in [0.29, 0.717) is 0 Å². The minimum Gasteiger partial charge on any atom is -0.465 e. The van der Waals surface area contributed by atoms with Gasteiger partial charge in [0.2, 0.25) is 0 Å². The lowest BCUT2D eigenvalue weighted by atomic mass is 10.2. The lowest BCUT2D eigenvalue weighted by Crippen LogP contribution is -2.44. The van der Waals surface area contributed by atoms with Crippen molar-refractivity contribution in [3.05, 3.63) is 29.8 Å². The maximum atomic E-state index is 11.9. The van der Waals surface area contributed by atoms with Crippen LogP contribution in [0.15, 0.2) is 29.2 Å². The number of rotatable bonds is 4. The van der Waals surface area contributed by atoms with Crippen LogP contribution in [0.1, 0.15) is 10.4 Å². The predicted octanol–water partition coefficient (Wildman–Crippen LogP) is -0.500. The van der Waals surface area contributed by atoms with Crippen LogP contribution in [0.2, 0.25) is 0 Å². The van der Waals surface area contributed by atoms with Crippen molar-refractivity contribution in [3.63, 3.8) is 0 Å². The number of carbonyl (C=O) groups excluding carboxylic acids is 1. The highest BCUT2D eigenvalue weighted by Gasteiger charge is 2.22. The SMILES string of the molecule is COC(=O)c1ccccc1S(=O)(=O)NNC(N)=S. The van der Waals surface area contributed by atoms with Gasteiger partial charge < -0.3 is 10.5 Å². The minimum atomic E-state index is -3.97. The number of hydrogen-bond donors (Lipinski definition) is 3. The Morgan fingerprint density at radius 2 is 2.00 bits per heavy atom. The molecule has 18 heavy (non-hydrogen) atoms. The molecule has 0 heterocycles. The number of ether oxygens (including phenoxy) is 1. The standard InChI is InChI=1S/C9H11N3O4S2/c1-16-8(13)6-4-2-3-5-7(6)18(14,15)12-11-9(10)17/h2-5,12H,1H3,(H3,10,11,17). The zero-order valence-electron chi connectivity index (χ0n) is 9.34. The van der Waals surface area contributed by atoms with E-state index in [4.69, 9.17) is 5.73 Å². The molecule has 0 unspecified atom stereocenters. The molecule has 1 rings (SSSR count). The van der Waals surface area contributed by atoms with Crippen molar-refractivity contribution in [2.24, 2.45) is 5.73 Å². The van der Waals surface area contributed by atoms with Gasteiger partial charge in [-0.2, -0.15) is 0 Å². The molecule has 0 aliphatic rings. The summed E-state index contributed by atoms with van der Waals surface area (Å²) in [6.45, 7) is 0. The third-order valence-electron chi connectivity index (χ3n) is 1.89. The molecule has 98 valence electrons. The average molecular weight is 289 g/mol. The van der Waals surface area contributed by atoms with E-state index in [1.165, 1.54) is 24.3 Å². The summed E-state index contributed by atoms with van der Waals surface area (Å²) in [5.41, 5.74) is 7.11. The first-order valence-corrected chi connectivity index (χ1v) is 6.52. The van der Waals surface area contributed by atoms with E-state index in [9.17, 15) is 13.2 Å². The maximum Gasteiger partial charge on any atom is 0.339 e. The fraction of sp³-hybridized carbons (Fsp3) is 0.111. The number of thiocarbonyl (C=S) groups is 1. The number of benzene rings is 1. The fourth-order valence-electron chi connectivity index (χ4n) is 1.15. The topological polar surface area (TPSA) is 111 Å². The Morgan fingerprint density at radius 3 is 2.56 bits per heavy atom. The molecule has 0 spiro atoms. The number of hydrazine groups is 1. The third kappa shape index (κ3) is 3.39. The van der Waals surface area contributed by atoms with Gasteiger partial charge in [0.15, 0.2) is 5.11 Å². The van der Waals surface area contributed by atoms with E-state index in [-0.39, 0.29) is 15.6 Å². The molecular weight excluding hydrogens is 278 g/mol. The Kier molecular flexibility index (Phi) is 4.59. The first kappa shape index (κ1) is 14.4. The summed E-state index contributed by atoms with van der Waals surface area (Å²) in [5.74, 6) is -0.758. The Hall–Kier alpha value is -1.71. The van der Waals surface area contributed by atoms with Crippen molar-refractivity contribution >= 4 is 33.3 Å². The highest BCUT2D eigenvalue weighted by Crippen LogP contribution is 2.15. The molecule has 1 aromatic rings. The molecule has 0 fully saturated rings. The van der Waals surface area contributed by atoms with Gasteiger partial charge in [-0.25, -0.2) is 13.2 Å². The fourth-order valence-corrected chi connectivity index (χ4v) is 2.32. The molecule has 0 bridgehead atoms. The van der Waals surface area contributed by atoms with Gasteiger partial charge in [0.1, 0.15) is 0 Å². The minimum absolute atomic E-state index is 0.0859. The Balaban J connectivity index is 3.16. The second-order valence-electron chi connectivity index (χ2n) is 3.08. The Bertz CT molecular complexity index is 571. The van der Waals surface area contributed by atoms with E-state index in [1.807, 2.05) is 4.83 Å². The normalized spacial score (nSPS) is 10.7. The van der Waals surface area contributed by atoms with Crippen molar-refractivity contribution < 1.29 is 17.9 Å². The molecule has 0 aliphatic heterocycles. The number of esters is 1. The lowest BCUT2D eigenvalue weighted by Gasteiger charge is -2.10. The highest BCUT2D eigenvalue weighted by molar-refractivity contribution is 7.89. The average Bonchev–Trinajstić information content (AvgIpc) is 2.35. The zero-order chi connectivity index (χ0) is 13.8. The summed E-state index contributed by atoms with van der Waals surface area (Å²) in [6.07, 6.45) is 0. The van der Waals surface area contributed by atoms with Crippen LogP contribution in [-0.4, -0.2) is 26.6 Å². The second-order valence-corrected chi connectivity index (χ2v) is 5.17. The number of nitrogens with one attached hydrogen (secondary N) is 2. The van der Waals surface area contributed by atoms with Gasteiger partial charge in [0, 0.05) is 0 Å². The molecule has 0 saturated carbocycles. The number of methoxy groups -OCH3 is 1. The maximum absolute atomic E-state index is 11.9. The molecule has 7 nitrogen and oxygen atoms in total. The van der Waals surface area contributed by atoms with E-state index >= 15 is 0 Å². The second kappa shape index (κ2) is 5.76. The summed E-state index contributed by atoms with van der Waals surface area (Å²) in [4.78, 5) is 13.1. The van der Waals surface area contributed by atoms with Crippen LogP contribution < -0.4 is 16.0 Å². The van der Waals surface area contributed by atoms with E-state index in [0.717, 1.165) is 7.11 Å². The van der Waals surface area contributed by atoms with Crippen LogP contribution in [0, 0.1) is 0 Å². The van der Waals surface area contributed by atoms with Crippen molar-refractivity contribution in [3.8, 4) is 0 Å². The van der Waals surface area contributed by atoms with Gasteiger partial charge >= 0.3 is 5.97 Å². The zero-order valence-corrected chi connectivity index (χ0v) is 11.0. The largest absolute Gasteiger partial charge is 0.465 e. The monoisotopic (exact) mass is 289 g/mol. The number of hydrogen-bond acceptors (Lipinski definition) is 5. The first-order valence-electron chi connectivity index (χ1n) is 4.63. The number of nitrogens with two attached hydrogens (primary N) is 1. The quantitative estimate of drug-likeness (QED) is 0.389. The number of carbonyl (C=O) groups is 1. The number of sulfonamides is 1. The Morgan fingerprint density at radius 1 is 1.39 bits per heavy atom. The molecule has 9 heteroatoms. The van der Waals surface area contributed by atoms with Crippen LogP contribution in [-0.2, 0) is 14.8 Å².